The maximum absolute atomic E-state index is 12.2. The van der Waals surface area contributed by atoms with Gasteiger partial charge in [-0.2, -0.15) is 5.10 Å². The van der Waals surface area contributed by atoms with Crippen molar-refractivity contribution in [1.29, 1.82) is 0 Å². The molecule has 1 atom stereocenters. The van der Waals surface area contributed by atoms with Crippen LogP contribution >= 0.6 is 0 Å². The molecule has 0 aromatic carbocycles. The van der Waals surface area contributed by atoms with E-state index in [1.54, 1.807) is 24.6 Å². The fourth-order valence-electron chi connectivity index (χ4n) is 1.74. The van der Waals surface area contributed by atoms with Crippen LogP contribution in [0.25, 0.3) is 0 Å². The summed E-state index contributed by atoms with van der Waals surface area (Å²) >= 11 is 0. The third-order valence-corrected chi connectivity index (χ3v) is 2.91. The Balaban J connectivity index is 2.84. The smallest absolute Gasteiger partial charge is 0.328 e. The van der Waals surface area contributed by atoms with Crippen molar-refractivity contribution in [3.05, 3.63) is 17.5 Å². The molecule has 0 saturated carbocycles. The lowest BCUT2D eigenvalue weighted by molar-refractivity contribution is -0.144. The van der Waals surface area contributed by atoms with Crippen LogP contribution in [0.1, 0.15) is 56.7 Å². The number of esters is 1. The largest absolute Gasteiger partial charge is 0.464 e. The summed E-state index contributed by atoms with van der Waals surface area (Å²) in [6.07, 6.45) is 0. The van der Waals surface area contributed by atoms with Gasteiger partial charge in [-0.05, 0) is 32.8 Å². The molecule has 1 unspecified atom stereocenters. The summed E-state index contributed by atoms with van der Waals surface area (Å²) in [5.74, 6) is -0.504. The van der Waals surface area contributed by atoms with E-state index in [4.69, 9.17) is 4.74 Å². The van der Waals surface area contributed by atoms with Crippen LogP contribution in [0.3, 0.4) is 0 Å². The van der Waals surface area contributed by atoms with Gasteiger partial charge in [-0.1, -0.05) is 13.8 Å². The summed E-state index contributed by atoms with van der Waals surface area (Å²) in [6.45, 7) is 10.2. The molecule has 0 aliphatic heterocycles. The maximum Gasteiger partial charge on any atom is 0.328 e. The minimum absolute atomic E-state index is 0.247. The van der Waals surface area contributed by atoms with E-state index in [-0.39, 0.29) is 11.8 Å². The van der Waals surface area contributed by atoms with Crippen LogP contribution in [0, 0.1) is 0 Å². The van der Waals surface area contributed by atoms with E-state index in [1.807, 2.05) is 20.8 Å². The predicted molar refractivity (Wildman–Crippen MR) is 75.6 cm³/mol. The highest BCUT2D eigenvalue weighted by atomic mass is 16.5. The van der Waals surface area contributed by atoms with Crippen molar-refractivity contribution in [2.24, 2.45) is 0 Å². The molecule has 0 bridgehead atoms. The van der Waals surface area contributed by atoms with Gasteiger partial charge in [0.25, 0.3) is 5.91 Å². The normalized spacial score (nSPS) is 12.3. The average Bonchev–Trinajstić information content (AvgIpc) is 2.83. The molecule has 6 heteroatoms. The number of ether oxygens (including phenoxy) is 1. The first-order valence-electron chi connectivity index (χ1n) is 6.95. The zero-order chi connectivity index (χ0) is 15.3. The van der Waals surface area contributed by atoms with Crippen LogP contribution in [0.2, 0.25) is 0 Å². The van der Waals surface area contributed by atoms with Gasteiger partial charge in [-0.3, -0.25) is 9.48 Å². The molecule has 1 N–H and O–H groups in total. The quantitative estimate of drug-likeness (QED) is 0.806. The molecule has 1 rings (SSSR count). The van der Waals surface area contributed by atoms with E-state index in [9.17, 15) is 9.59 Å². The fraction of sp³-hybridized carbons (Fsp3) is 0.643. The van der Waals surface area contributed by atoms with Crippen molar-refractivity contribution < 1.29 is 14.3 Å². The first-order valence-corrected chi connectivity index (χ1v) is 6.95. The van der Waals surface area contributed by atoms with Crippen molar-refractivity contribution in [2.75, 3.05) is 6.61 Å². The first kappa shape index (κ1) is 16.2. The van der Waals surface area contributed by atoms with Crippen LogP contribution in [-0.2, 0) is 16.1 Å². The standard InChI is InChI=1S/C14H23N3O3/c1-6-17-12(8-11(16-17)9(3)4)13(18)15-10(5)14(19)20-7-2/h8-10H,6-7H2,1-5H3,(H,15,18). The molecule has 1 aromatic rings. The van der Waals surface area contributed by atoms with Gasteiger partial charge in [0.05, 0.1) is 12.3 Å². The number of nitrogens with zero attached hydrogens (tertiary/aromatic N) is 2. The summed E-state index contributed by atoms with van der Waals surface area (Å²) in [4.78, 5) is 23.7. The van der Waals surface area contributed by atoms with Gasteiger partial charge in [-0.25, -0.2) is 4.79 Å². The van der Waals surface area contributed by atoms with E-state index in [1.165, 1.54) is 0 Å². The second-order valence-electron chi connectivity index (χ2n) is 4.87. The van der Waals surface area contributed by atoms with Gasteiger partial charge in [0.2, 0.25) is 0 Å². The van der Waals surface area contributed by atoms with Crippen LogP contribution in [0.5, 0.6) is 0 Å². The Kier molecular flexibility index (Phi) is 5.73. The van der Waals surface area contributed by atoms with Crippen LogP contribution in [-0.4, -0.2) is 34.3 Å². The second kappa shape index (κ2) is 7.07. The highest BCUT2D eigenvalue weighted by Crippen LogP contribution is 2.14. The molecular weight excluding hydrogens is 258 g/mol. The van der Waals surface area contributed by atoms with Crippen LogP contribution in [0.4, 0.5) is 0 Å². The van der Waals surface area contributed by atoms with Gasteiger partial charge >= 0.3 is 5.97 Å². The zero-order valence-electron chi connectivity index (χ0n) is 12.8. The lowest BCUT2D eigenvalue weighted by Crippen LogP contribution is -2.40. The molecule has 20 heavy (non-hydrogen) atoms. The molecule has 6 nitrogen and oxygen atoms in total. The van der Waals surface area contributed by atoms with Crippen molar-refractivity contribution in [3.8, 4) is 0 Å². The molecular formula is C14H23N3O3. The highest BCUT2D eigenvalue weighted by molar-refractivity contribution is 5.95. The summed E-state index contributed by atoms with van der Waals surface area (Å²) in [5, 5.41) is 7.01. The summed E-state index contributed by atoms with van der Waals surface area (Å²) in [5.41, 5.74) is 1.33. The Bertz CT molecular complexity index is 480. The number of hydrogen-bond acceptors (Lipinski definition) is 4. The van der Waals surface area contributed by atoms with E-state index in [2.05, 4.69) is 10.4 Å². The lowest BCUT2D eigenvalue weighted by atomic mass is 10.1. The number of aryl methyl sites for hydroxylation is 1. The van der Waals surface area contributed by atoms with Gasteiger partial charge in [0.15, 0.2) is 0 Å². The number of rotatable bonds is 6. The number of aromatic nitrogens is 2. The third kappa shape index (κ3) is 3.82. The van der Waals surface area contributed by atoms with Crippen molar-refractivity contribution in [1.82, 2.24) is 15.1 Å². The summed E-state index contributed by atoms with van der Waals surface area (Å²) in [6, 6.07) is 1.09. The predicted octanol–water partition coefficient (Wildman–Crippen LogP) is 1.71. The molecule has 1 heterocycles. The van der Waals surface area contributed by atoms with Gasteiger partial charge in [0.1, 0.15) is 11.7 Å². The number of hydrogen-bond donors (Lipinski definition) is 1. The molecule has 1 amide bonds. The molecule has 0 aliphatic rings. The molecule has 1 aromatic heterocycles. The average molecular weight is 281 g/mol. The molecule has 112 valence electrons. The minimum Gasteiger partial charge on any atom is -0.464 e. The molecule has 0 spiro atoms. The zero-order valence-corrected chi connectivity index (χ0v) is 12.8. The molecule has 0 aliphatic carbocycles. The summed E-state index contributed by atoms with van der Waals surface area (Å²) in [7, 11) is 0. The number of carbonyl (C=O) groups excluding carboxylic acids is 2. The van der Waals surface area contributed by atoms with Crippen molar-refractivity contribution >= 4 is 11.9 Å². The molecule has 0 radical (unpaired) electrons. The Hall–Kier alpha value is -1.85. The van der Waals surface area contributed by atoms with E-state index >= 15 is 0 Å². The van der Waals surface area contributed by atoms with Gasteiger partial charge in [-0.15, -0.1) is 0 Å². The van der Waals surface area contributed by atoms with E-state index in [0.29, 0.717) is 18.8 Å². The highest BCUT2D eigenvalue weighted by Gasteiger charge is 2.21. The number of nitrogens with one attached hydrogen (secondary N) is 1. The van der Waals surface area contributed by atoms with Crippen LogP contribution in [0.15, 0.2) is 6.07 Å². The Morgan fingerprint density at radius 2 is 2.00 bits per heavy atom. The van der Waals surface area contributed by atoms with Crippen molar-refractivity contribution in [2.45, 2.75) is 53.1 Å². The maximum atomic E-state index is 12.2. The van der Waals surface area contributed by atoms with Gasteiger partial charge in [0, 0.05) is 6.54 Å². The third-order valence-electron chi connectivity index (χ3n) is 2.91. The fourth-order valence-corrected chi connectivity index (χ4v) is 1.74. The minimum atomic E-state index is -0.676. The topological polar surface area (TPSA) is 73.2 Å². The number of carbonyl (C=O) groups is 2. The van der Waals surface area contributed by atoms with E-state index < -0.39 is 12.0 Å². The Labute approximate surface area is 119 Å². The molecule has 0 saturated heterocycles. The SMILES string of the molecule is CCOC(=O)C(C)NC(=O)c1cc(C(C)C)nn1CC. The van der Waals surface area contributed by atoms with Crippen molar-refractivity contribution in [3.63, 3.8) is 0 Å². The summed E-state index contributed by atoms with van der Waals surface area (Å²) < 4.78 is 6.51. The monoisotopic (exact) mass is 281 g/mol. The number of amides is 1. The van der Waals surface area contributed by atoms with Gasteiger partial charge < -0.3 is 10.1 Å². The van der Waals surface area contributed by atoms with E-state index in [0.717, 1.165) is 5.69 Å². The molecule has 0 fully saturated rings. The second-order valence-corrected chi connectivity index (χ2v) is 4.87. The van der Waals surface area contributed by atoms with Crippen LogP contribution < -0.4 is 5.32 Å². The lowest BCUT2D eigenvalue weighted by Gasteiger charge is -2.12. The first-order chi connectivity index (χ1) is 9.40. The Morgan fingerprint density at radius 3 is 2.50 bits per heavy atom. The Morgan fingerprint density at radius 1 is 1.35 bits per heavy atom.